The molecule has 5 heteroatoms. The second-order valence-electron chi connectivity index (χ2n) is 8.19. The van der Waals surface area contributed by atoms with Crippen LogP contribution in [0.1, 0.15) is 33.6 Å². The molecule has 32 heavy (non-hydrogen) atoms. The van der Waals surface area contributed by atoms with E-state index in [4.69, 9.17) is 19.1 Å². The van der Waals surface area contributed by atoms with E-state index in [9.17, 15) is 0 Å². The van der Waals surface area contributed by atoms with Crippen LogP contribution >= 0.6 is 0 Å². The summed E-state index contributed by atoms with van der Waals surface area (Å²) in [6.07, 6.45) is 3.29. The maximum absolute atomic E-state index is 5.89. The molecular formula is C27H25N3O2. The van der Waals surface area contributed by atoms with Gasteiger partial charge in [0, 0.05) is 6.42 Å². The normalized spacial score (nSPS) is 15.4. The van der Waals surface area contributed by atoms with Gasteiger partial charge in [0.05, 0.1) is 11.7 Å². The van der Waals surface area contributed by atoms with Gasteiger partial charge in [-0.1, -0.05) is 54.6 Å². The summed E-state index contributed by atoms with van der Waals surface area (Å²) >= 11 is 0. The van der Waals surface area contributed by atoms with Gasteiger partial charge in [0.25, 0.3) is 0 Å². The van der Waals surface area contributed by atoms with Crippen LogP contribution < -0.4 is 0 Å². The molecule has 160 valence electrons. The Morgan fingerprint density at radius 2 is 1.53 bits per heavy atom. The van der Waals surface area contributed by atoms with Crippen LogP contribution in [0.25, 0.3) is 11.6 Å². The third-order valence-electron chi connectivity index (χ3n) is 5.80. The molecule has 0 bridgehead atoms. The first kappa shape index (κ1) is 20.2. The fourth-order valence-corrected chi connectivity index (χ4v) is 3.94. The molecule has 2 aromatic carbocycles. The van der Waals surface area contributed by atoms with E-state index in [1.54, 1.807) is 6.26 Å². The lowest BCUT2D eigenvalue weighted by Crippen LogP contribution is -2.10. The van der Waals surface area contributed by atoms with Crippen molar-refractivity contribution in [3.8, 4) is 11.6 Å². The average molecular weight is 424 g/mol. The lowest BCUT2D eigenvalue weighted by atomic mass is 10.0. The van der Waals surface area contributed by atoms with Crippen molar-refractivity contribution in [1.82, 2.24) is 9.97 Å². The highest BCUT2D eigenvalue weighted by molar-refractivity contribution is 5.93. The zero-order valence-corrected chi connectivity index (χ0v) is 18.3. The lowest BCUT2D eigenvalue weighted by molar-refractivity contribution is 0.316. The van der Waals surface area contributed by atoms with E-state index >= 15 is 0 Å². The number of aryl methyl sites for hydroxylation is 2. The largest absolute Gasteiger partial charge is 0.474 e. The topological polar surface area (TPSA) is 60.5 Å². The van der Waals surface area contributed by atoms with Gasteiger partial charge < -0.3 is 9.15 Å². The number of pyridine rings is 1. The Kier molecular flexibility index (Phi) is 5.55. The molecule has 1 atom stereocenters. The number of ether oxygens (including phenoxy) is 1. The van der Waals surface area contributed by atoms with Gasteiger partial charge in [0.15, 0.2) is 0 Å². The first-order chi connectivity index (χ1) is 15.7. The summed E-state index contributed by atoms with van der Waals surface area (Å²) in [5.41, 5.74) is 7.32. The minimum Gasteiger partial charge on any atom is -0.474 e. The van der Waals surface area contributed by atoms with Crippen LogP contribution in [0.2, 0.25) is 0 Å². The fraction of sp³-hybridized carbons (Fsp3) is 0.222. The lowest BCUT2D eigenvalue weighted by Gasteiger charge is -2.07. The maximum Gasteiger partial charge on any atom is 0.245 e. The van der Waals surface area contributed by atoms with Crippen molar-refractivity contribution < 1.29 is 9.15 Å². The van der Waals surface area contributed by atoms with Crippen LogP contribution in [0.3, 0.4) is 0 Å². The molecule has 1 aliphatic heterocycles. The Balaban J connectivity index is 1.32. The third-order valence-corrected chi connectivity index (χ3v) is 5.80. The number of nitrogens with zero attached hydrogens (tertiary/aromatic N) is 3. The minimum atomic E-state index is 0.0963. The summed E-state index contributed by atoms with van der Waals surface area (Å²) in [7, 11) is 0. The van der Waals surface area contributed by atoms with E-state index < -0.39 is 0 Å². The van der Waals surface area contributed by atoms with Crippen LogP contribution in [0.4, 0.5) is 0 Å². The van der Waals surface area contributed by atoms with Crippen molar-refractivity contribution in [2.24, 2.45) is 4.99 Å². The molecule has 5 nitrogen and oxygen atoms in total. The van der Waals surface area contributed by atoms with Gasteiger partial charge in [-0.3, -0.25) is 0 Å². The smallest absolute Gasteiger partial charge is 0.245 e. The second-order valence-corrected chi connectivity index (χ2v) is 8.19. The predicted molar refractivity (Wildman–Crippen MR) is 125 cm³/mol. The Hall–Kier alpha value is -3.73. The molecule has 0 saturated heterocycles. The third kappa shape index (κ3) is 4.33. The van der Waals surface area contributed by atoms with Gasteiger partial charge in [-0.05, 0) is 54.7 Å². The van der Waals surface area contributed by atoms with E-state index in [1.807, 2.05) is 30.3 Å². The van der Waals surface area contributed by atoms with Crippen molar-refractivity contribution in [3.63, 3.8) is 0 Å². The SMILES string of the molecule is Cc1ccccc1Cc1coc(-c2cccc(C3=NC(Cc4ccccc4C)CO3)n2)n1. The summed E-state index contributed by atoms with van der Waals surface area (Å²) in [5.74, 6) is 1.09. The molecule has 0 saturated carbocycles. The van der Waals surface area contributed by atoms with E-state index in [0.717, 1.165) is 18.5 Å². The number of hydrogen-bond acceptors (Lipinski definition) is 5. The van der Waals surface area contributed by atoms with Crippen LogP contribution in [-0.2, 0) is 17.6 Å². The highest BCUT2D eigenvalue weighted by atomic mass is 16.5. The van der Waals surface area contributed by atoms with Crippen LogP contribution in [-0.4, -0.2) is 28.5 Å². The minimum absolute atomic E-state index is 0.0963. The second kappa shape index (κ2) is 8.79. The number of aromatic nitrogens is 2. The van der Waals surface area contributed by atoms with Crippen molar-refractivity contribution in [2.45, 2.75) is 32.7 Å². The highest BCUT2D eigenvalue weighted by Crippen LogP contribution is 2.22. The van der Waals surface area contributed by atoms with Gasteiger partial charge in [-0.15, -0.1) is 0 Å². The Morgan fingerprint density at radius 3 is 2.31 bits per heavy atom. The molecule has 0 radical (unpaired) electrons. The van der Waals surface area contributed by atoms with Crippen molar-refractivity contribution in [2.75, 3.05) is 6.61 Å². The van der Waals surface area contributed by atoms with Gasteiger partial charge in [0.2, 0.25) is 11.8 Å². The molecule has 0 fully saturated rings. The van der Waals surface area contributed by atoms with Crippen LogP contribution in [0.5, 0.6) is 0 Å². The number of rotatable bonds is 6. The summed E-state index contributed by atoms with van der Waals surface area (Å²) < 4.78 is 11.6. The zero-order valence-electron chi connectivity index (χ0n) is 18.3. The fourth-order valence-electron chi connectivity index (χ4n) is 3.94. The first-order valence-electron chi connectivity index (χ1n) is 10.9. The maximum atomic E-state index is 5.89. The summed E-state index contributed by atoms with van der Waals surface area (Å²) in [4.78, 5) is 14.1. The van der Waals surface area contributed by atoms with Gasteiger partial charge >= 0.3 is 0 Å². The van der Waals surface area contributed by atoms with Gasteiger partial charge in [0.1, 0.15) is 24.3 Å². The molecular weight excluding hydrogens is 398 g/mol. The van der Waals surface area contributed by atoms with Gasteiger partial charge in [-0.2, -0.15) is 0 Å². The molecule has 0 amide bonds. The molecule has 1 aliphatic rings. The Morgan fingerprint density at radius 1 is 0.812 bits per heavy atom. The van der Waals surface area contributed by atoms with E-state index in [-0.39, 0.29) is 6.04 Å². The number of oxazole rings is 1. The molecule has 1 unspecified atom stereocenters. The zero-order chi connectivity index (χ0) is 21.9. The van der Waals surface area contributed by atoms with E-state index in [0.29, 0.717) is 29.8 Å². The quantitative estimate of drug-likeness (QED) is 0.420. The standard InChI is InChI=1S/C27H25N3O2/c1-18-8-3-5-10-20(18)14-22-16-31-26(28-22)24-12-7-13-25(30-24)27-29-23(17-32-27)15-21-11-6-4-9-19(21)2/h3-13,16,23H,14-15,17H2,1-2H3. The van der Waals surface area contributed by atoms with Crippen molar-refractivity contribution in [1.29, 1.82) is 0 Å². The molecule has 2 aromatic heterocycles. The van der Waals surface area contributed by atoms with Gasteiger partial charge in [-0.25, -0.2) is 15.0 Å². The molecule has 0 N–H and O–H groups in total. The number of aliphatic imine (C=N–C) groups is 1. The monoisotopic (exact) mass is 423 g/mol. The van der Waals surface area contributed by atoms with Crippen molar-refractivity contribution in [3.05, 3.63) is 107 Å². The molecule has 5 rings (SSSR count). The summed E-state index contributed by atoms with van der Waals surface area (Å²) in [5, 5.41) is 0. The summed E-state index contributed by atoms with van der Waals surface area (Å²) in [6.45, 7) is 4.80. The number of benzene rings is 2. The van der Waals surface area contributed by atoms with E-state index in [1.165, 1.54) is 22.3 Å². The molecule has 0 aliphatic carbocycles. The van der Waals surface area contributed by atoms with Crippen LogP contribution in [0.15, 0.2) is 82.4 Å². The Labute approximate surface area is 187 Å². The molecule has 0 spiro atoms. The molecule has 4 aromatic rings. The summed E-state index contributed by atoms with van der Waals surface area (Å²) in [6, 6.07) is 22.6. The van der Waals surface area contributed by atoms with E-state index in [2.05, 4.69) is 55.2 Å². The van der Waals surface area contributed by atoms with Crippen molar-refractivity contribution >= 4 is 5.90 Å². The Bertz CT molecular complexity index is 1280. The molecule has 3 heterocycles. The highest BCUT2D eigenvalue weighted by Gasteiger charge is 2.22. The number of hydrogen-bond donors (Lipinski definition) is 0. The average Bonchev–Trinajstić information content (AvgIpc) is 3.47. The predicted octanol–water partition coefficient (Wildman–Crippen LogP) is 5.33. The van der Waals surface area contributed by atoms with Crippen LogP contribution in [0, 0.1) is 13.8 Å². The first-order valence-corrected chi connectivity index (χ1v) is 10.9.